The lowest BCUT2D eigenvalue weighted by atomic mass is 10.1. The van der Waals surface area contributed by atoms with Crippen LogP contribution in [-0.2, 0) is 4.79 Å². The average Bonchev–Trinajstić information content (AvgIpc) is 2.17. The van der Waals surface area contributed by atoms with Gasteiger partial charge in [0.15, 0.2) is 0 Å². The number of allylic oxidation sites excluding steroid dienone is 1. The molecule has 0 aliphatic heterocycles. The summed E-state index contributed by atoms with van der Waals surface area (Å²) in [7, 11) is 0. The molecule has 0 bridgehead atoms. The van der Waals surface area contributed by atoms with E-state index >= 15 is 0 Å². The fraction of sp³-hybridized carbons (Fsp3) is 0.182. The number of halogens is 2. The summed E-state index contributed by atoms with van der Waals surface area (Å²) in [6.45, 7) is 1.90. The molecule has 3 heteroatoms. The van der Waals surface area contributed by atoms with Crippen LogP contribution in [0.25, 0.3) is 6.08 Å². The first kappa shape index (κ1) is 11.1. The molecule has 0 fully saturated rings. The molecule has 0 spiro atoms. The molecule has 14 heavy (non-hydrogen) atoms. The van der Waals surface area contributed by atoms with Gasteiger partial charge in [0.05, 0.1) is 0 Å². The van der Waals surface area contributed by atoms with Crippen molar-refractivity contribution in [3.63, 3.8) is 0 Å². The lowest BCUT2D eigenvalue weighted by molar-refractivity contribution is -0.104. The van der Waals surface area contributed by atoms with Crippen LogP contribution >= 0.6 is 15.9 Å². The Bertz CT molecular complexity index is 372. The highest BCUT2D eigenvalue weighted by Gasteiger charge is 2.00. The van der Waals surface area contributed by atoms with E-state index in [4.69, 9.17) is 0 Å². The Kier molecular flexibility index (Phi) is 4.01. The van der Waals surface area contributed by atoms with Crippen LogP contribution in [0.1, 0.15) is 18.9 Å². The smallest absolute Gasteiger partial charge is 0.146 e. The van der Waals surface area contributed by atoms with E-state index < -0.39 is 0 Å². The van der Waals surface area contributed by atoms with Crippen molar-refractivity contribution in [3.05, 3.63) is 39.6 Å². The van der Waals surface area contributed by atoms with E-state index in [1.807, 2.05) is 6.92 Å². The average molecular weight is 257 g/mol. The first-order valence-corrected chi connectivity index (χ1v) is 5.07. The molecular weight excluding hydrogens is 247 g/mol. The number of carbonyl (C=O) groups is 1. The monoisotopic (exact) mass is 256 g/mol. The first-order valence-electron chi connectivity index (χ1n) is 4.28. The van der Waals surface area contributed by atoms with E-state index in [-0.39, 0.29) is 5.82 Å². The lowest BCUT2D eigenvalue weighted by Crippen LogP contribution is -1.84. The summed E-state index contributed by atoms with van der Waals surface area (Å²) in [6.07, 6.45) is 3.24. The first-order chi connectivity index (χ1) is 6.67. The van der Waals surface area contributed by atoms with Gasteiger partial charge in [-0.25, -0.2) is 4.39 Å². The van der Waals surface area contributed by atoms with Gasteiger partial charge in [0.1, 0.15) is 12.1 Å². The zero-order valence-electron chi connectivity index (χ0n) is 7.76. The summed E-state index contributed by atoms with van der Waals surface area (Å²) in [5.74, 6) is -0.293. The van der Waals surface area contributed by atoms with Gasteiger partial charge in [-0.1, -0.05) is 28.9 Å². The van der Waals surface area contributed by atoms with Crippen molar-refractivity contribution < 1.29 is 9.18 Å². The number of hydrogen-bond acceptors (Lipinski definition) is 1. The molecule has 0 aromatic heterocycles. The zero-order chi connectivity index (χ0) is 10.6. The number of aldehydes is 1. The maximum Gasteiger partial charge on any atom is 0.146 e. The van der Waals surface area contributed by atoms with Crippen molar-refractivity contribution in [2.24, 2.45) is 0 Å². The highest BCUT2D eigenvalue weighted by atomic mass is 79.9. The zero-order valence-corrected chi connectivity index (χ0v) is 9.34. The van der Waals surface area contributed by atoms with E-state index in [2.05, 4.69) is 15.9 Å². The van der Waals surface area contributed by atoms with Crippen LogP contribution in [-0.4, -0.2) is 6.29 Å². The standard InChI is InChI=1S/C11H10BrFO/c1-2-8(7-14)5-9-3-4-10(13)6-11(9)12/h3-7H,2H2,1H3/b8-5-. The van der Waals surface area contributed by atoms with Gasteiger partial charge in [-0.15, -0.1) is 0 Å². The van der Waals surface area contributed by atoms with Crippen LogP contribution in [0.2, 0.25) is 0 Å². The van der Waals surface area contributed by atoms with Crippen molar-refractivity contribution in [1.29, 1.82) is 0 Å². The number of hydrogen-bond donors (Lipinski definition) is 0. The van der Waals surface area contributed by atoms with Crippen LogP contribution in [0, 0.1) is 5.82 Å². The van der Waals surface area contributed by atoms with E-state index in [1.54, 1.807) is 12.1 Å². The minimum Gasteiger partial charge on any atom is -0.298 e. The summed E-state index contributed by atoms with van der Waals surface area (Å²) in [4.78, 5) is 10.6. The quantitative estimate of drug-likeness (QED) is 0.597. The molecular formula is C11H10BrFO. The minimum absolute atomic E-state index is 0.293. The molecule has 1 aromatic rings. The van der Waals surface area contributed by atoms with Gasteiger partial charge >= 0.3 is 0 Å². The Morgan fingerprint density at radius 1 is 1.57 bits per heavy atom. The van der Waals surface area contributed by atoms with Gasteiger partial charge in [-0.2, -0.15) is 0 Å². The van der Waals surface area contributed by atoms with Crippen LogP contribution in [0.4, 0.5) is 4.39 Å². The minimum atomic E-state index is -0.293. The Hall–Kier alpha value is -0.960. The molecule has 0 saturated heterocycles. The van der Waals surface area contributed by atoms with E-state index in [0.717, 1.165) is 11.8 Å². The lowest BCUT2D eigenvalue weighted by Gasteiger charge is -2.00. The molecule has 0 aliphatic carbocycles. The largest absolute Gasteiger partial charge is 0.298 e. The summed E-state index contributed by atoms with van der Waals surface area (Å²) < 4.78 is 13.4. The molecule has 1 nitrogen and oxygen atoms in total. The summed E-state index contributed by atoms with van der Waals surface area (Å²) >= 11 is 3.23. The second-order valence-corrected chi connectivity index (χ2v) is 3.71. The molecule has 0 atom stereocenters. The maximum atomic E-state index is 12.7. The van der Waals surface area contributed by atoms with Crippen LogP contribution in [0.15, 0.2) is 28.2 Å². The highest BCUT2D eigenvalue weighted by Crippen LogP contribution is 2.20. The number of carbonyl (C=O) groups excluding carboxylic acids is 1. The van der Waals surface area contributed by atoms with Gasteiger partial charge in [-0.3, -0.25) is 4.79 Å². The molecule has 1 aromatic carbocycles. The molecule has 0 heterocycles. The Balaban J connectivity index is 3.08. The predicted molar refractivity (Wildman–Crippen MR) is 58.4 cm³/mol. The third kappa shape index (κ3) is 2.77. The Morgan fingerprint density at radius 2 is 2.29 bits per heavy atom. The van der Waals surface area contributed by atoms with Crippen molar-refractivity contribution in [2.45, 2.75) is 13.3 Å². The molecule has 0 N–H and O–H groups in total. The van der Waals surface area contributed by atoms with Crippen molar-refractivity contribution in [3.8, 4) is 0 Å². The van der Waals surface area contributed by atoms with Crippen LogP contribution < -0.4 is 0 Å². The molecule has 0 aliphatic rings. The fourth-order valence-corrected chi connectivity index (χ4v) is 1.50. The van der Waals surface area contributed by atoms with Gasteiger partial charge in [0, 0.05) is 4.47 Å². The van der Waals surface area contributed by atoms with Gasteiger partial charge in [0.25, 0.3) is 0 Å². The molecule has 0 unspecified atom stereocenters. The van der Waals surface area contributed by atoms with E-state index in [9.17, 15) is 9.18 Å². The van der Waals surface area contributed by atoms with Crippen molar-refractivity contribution in [1.82, 2.24) is 0 Å². The predicted octanol–water partition coefficient (Wildman–Crippen LogP) is 3.58. The van der Waals surface area contributed by atoms with Crippen LogP contribution in [0.5, 0.6) is 0 Å². The Morgan fingerprint density at radius 3 is 2.79 bits per heavy atom. The second kappa shape index (κ2) is 5.05. The Labute approximate surface area is 90.8 Å². The summed E-state index contributed by atoms with van der Waals surface area (Å²) in [5, 5.41) is 0. The van der Waals surface area contributed by atoms with Crippen LogP contribution in [0.3, 0.4) is 0 Å². The third-order valence-electron chi connectivity index (χ3n) is 1.86. The van der Waals surface area contributed by atoms with Gasteiger partial charge in [-0.05, 0) is 35.8 Å². The maximum absolute atomic E-state index is 12.7. The molecule has 1 rings (SSSR count). The molecule has 74 valence electrons. The molecule has 0 saturated carbocycles. The van der Waals surface area contributed by atoms with E-state index in [0.29, 0.717) is 16.5 Å². The topological polar surface area (TPSA) is 17.1 Å². The fourth-order valence-electron chi connectivity index (χ4n) is 1.04. The van der Waals surface area contributed by atoms with Gasteiger partial charge in [0.2, 0.25) is 0 Å². The third-order valence-corrected chi connectivity index (χ3v) is 2.55. The summed E-state index contributed by atoms with van der Waals surface area (Å²) in [5.41, 5.74) is 1.51. The van der Waals surface area contributed by atoms with Crippen molar-refractivity contribution in [2.75, 3.05) is 0 Å². The SMILES string of the molecule is CC/C(C=O)=C/c1ccc(F)cc1Br. The van der Waals surface area contributed by atoms with Gasteiger partial charge < -0.3 is 0 Å². The number of rotatable bonds is 3. The molecule has 0 radical (unpaired) electrons. The van der Waals surface area contributed by atoms with E-state index in [1.165, 1.54) is 12.1 Å². The number of benzene rings is 1. The highest BCUT2D eigenvalue weighted by molar-refractivity contribution is 9.10. The second-order valence-electron chi connectivity index (χ2n) is 2.86. The molecule has 0 amide bonds. The van der Waals surface area contributed by atoms with Crippen molar-refractivity contribution >= 4 is 28.3 Å². The summed E-state index contributed by atoms with van der Waals surface area (Å²) in [6, 6.07) is 4.39. The normalized spacial score (nSPS) is 11.5.